The average Bonchev–Trinajstić information content (AvgIpc) is 2.69. The Hall–Kier alpha value is -1.58. The lowest BCUT2D eigenvalue weighted by Gasteiger charge is -2.11. The molecule has 0 spiro atoms. The third-order valence-corrected chi connectivity index (χ3v) is 4.08. The van der Waals surface area contributed by atoms with Crippen LogP contribution in [0, 0.1) is 24.6 Å². The molecule has 0 bridgehead atoms. The van der Waals surface area contributed by atoms with E-state index in [1.165, 1.54) is 6.20 Å². The first-order valence-corrected chi connectivity index (χ1v) is 7.39. The molecule has 0 radical (unpaired) electrons. The molecule has 0 aliphatic rings. The Balaban J connectivity index is 2.54. The summed E-state index contributed by atoms with van der Waals surface area (Å²) < 4.78 is 39.9. The van der Waals surface area contributed by atoms with Gasteiger partial charge in [-0.15, -0.1) is 0 Å². The van der Waals surface area contributed by atoms with Gasteiger partial charge in [0.2, 0.25) is 0 Å². The van der Waals surface area contributed by atoms with Crippen molar-refractivity contribution in [1.29, 1.82) is 0 Å². The fourth-order valence-corrected chi connectivity index (χ4v) is 2.98. The number of hydrogen-bond donors (Lipinski definition) is 0. The fraction of sp³-hybridized carbons (Fsp3) is 0.286. The van der Waals surface area contributed by atoms with Gasteiger partial charge in [-0.25, -0.2) is 0 Å². The van der Waals surface area contributed by atoms with Crippen molar-refractivity contribution in [2.45, 2.75) is 26.9 Å². The summed E-state index contributed by atoms with van der Waals surface area (Å²) >= 11 is 1.86. The summed E-state index contributed by atoms with van der Waals surface area (Å²) in [4.78, 5) is 0. The standard InChI is InChI=1S/C14H13F3IN3O/c1-8-6-9(2)11(10(3)7-8)20-4-5-21(13(20)18)19-12(22)14(15,16)17/h4-7H,1-3H3. The zero-order valence-electron chi connectivity index (χ0n) is 12.1. The zero-order valence-corrected chi connectivity index (χ0v) is 14.2. The highest BCUT2D eigenvalue weighted by Gasteiger charge is 2.30. The van der Waals surface area contributed by atoms with E-state index in [0.29, 0.717) is 3.83 Å². The third-order valence-electron chi connectivity index (χ3n) is 3.06. The highest BCUT2D eigenvalue weighted by Crippen LogP contribution is 2.18. The van der Waals surface area contributed by atoms with Gasteiger partial charge in [0, 0.05) is 0 Å². The number of hydrogen-bond acceptors (Lipinski definition) is 2. The van der Waals surface area contributed by atoms with Crippen LogP contribution >= 0.6 is 22.6 Å². The van der Waals surface area contributed by atoms with Gasteiger partial charge >= 0.3 is 10.0 Å². The van der Waals surface area contributed by atoms with Gasteiger partial charge in [0.15, 0.2) is 6.20 Å². The number of rotatable bonds is 2. The molecule has 1 aromatic carbocycles. The Labute approximate surface area is 139 Å². The van der Waals surface area contributed by atoms with Crippen molar-refractivity contribution in [3.63, 3.8) is 0 Å². The van der Waals surface area contributed by atoms with Crippen molar-refractivity contribution in [1.82, 2.24) is 4.68 Å². The largest absolute Gasteiger partial charge is 0.853 e. The number of halogens is 4. The summed E-state index contributed by atoms with van der Waals surface area (Å²) in [6.07, 6.45) is -2.07. The molecule has 0 aliphatic carbocycles. The van der Waals surface area contributed by atoms with Crippen LogP contribution in [0.4, 0.5) is 13.2 Å². The maximum atomic E-state index is 12.3. The SMILES string of the molecule is Cc1cc(C)c(-[n+]2ccn(/N=C(\[O-])C(F)(F)F)c2I)c(C)c1. The number of aryl methyl sites for hydroxylation is 3. The minimum absolute atomic E-state index is 0.380. The Morgan fingerprint density at radius 2 is 1.77 bits per heavy atom. The predicted octanol–water partition coefficient (Wildman–Crippen LogP) is 2.38. The van der Waals surface area contributed by atoms with Crippen LogP contribution in [-0.4, -0.2) is 16.8 Å². The number of imidazole rings is 1. The van der Waals surface area contributed by atoms with Crippen molar-refractivity contribution in [3.8, 4) is 5.69 Å². The summed E-state index contributed by atoms with van der Waals surface area (Å²) in [5.41, 5.74) is 3.94. The molecule has 1 heterocycles. The molecule has 0 atom stereocenters. The summed E-state index contributed by atoms with van der Waals surface area (Å²) in [5.74, 6) is -2.13. The van der Waals surface area contributed by atoms with Crippen LogP contribution in [0.15, 0.2) is 29.6 Å². The Morgan fingerprint density at radius 3 is 2.27 bits per heavy atom. The predicted molar refractivity (Wildman–Crippen MR) is 81.8 cm³/mol. The van der Waals surface area contributed by atoms with Crippen LogP contribution in [-0.2, 0) is 0 Å². The van der Waals surface area contributed by atoms with Crippen LogP contribution in [0.2, 0.25) is 0 Å². The van der Waals surface area contributed by atoms with Crippen LogP contribution in [0.3, 0.4) is 0 Å². The second-order valence-electron chi connectivity index (χ2n) is 4.93. The molecule has 0 saturated carbocycles. The summed E-state index contributed by atoms with van der Waals surface area (Å²) in [7, 11) is 0. The van der Waals surface area contributed by atoms with E-state index in [1.54, 1.807) is 10.8 Å². The fourth-order valence-electron chi connectivity index (χ4n) is 2.31. The second-order valence-corrected chi connectivity index (χ2v) is 5.90. The van der Waals surface area contributed by atoms with Crippen molar-refractivity contribution in [3.05, 3.63) is 45.0 Å². The first-order chi connectivity index (χ1) is 10.1. The molecule has 0 unspecified atom stereocenters. The molecular weight excluding hydrogens is 410 g/mol. The highest BCUT2D eigenvalue weighted by molar-refractivity contribution is 14.1. The molecule has 1 aromatic heterocycles. The van der Waals surface area contributed by atoms with Gasteiger partial charge in [-0.3, -0.25) is 0 Å². The van der Waals surface area contributed by atoms with Gasteiger partial charge in [0.25, 0.3) is 0 Å². The van der Waals surface area contributed by atoms with Gasteiger partial charge in [-0.1, -0.05) is 27.5 Å². The lowest BCUT2D eigenvalue weighted by molar-refractivity contribution is -0.610. The summed E-state index contributed by atoms with van der Waals surface area (Å²) in [6.45, 7) is 5.82. The summed E-state index contributed by atoms with van der Waals surface area (Å²) in [6, 6.07) is 3.97. The van der Waals surface area contributed by atoms with Gasteiger partial charge < -0.3 is 5.11 Å². The molecular formula is C14H13F3IN3O. The Kier molecular flexibility index (Phi) is 4.50. The second kappa shape index (κ2) is 5.90. The van der Waals surface area contributed by atoms with E-state index >= 15 is 0 Å². The molecule has 0 amide bonds. The molecule has 2 aromatic rings. The number of nitrogens with zero attached hydrogens (tertiary/aromatic N) is 3. The molecule has 0 saturated heterocycles. The van der Waals surface area contributed by atoms with E-state index in [2.05, 4.69) is 5.10 Å². The Morgan fingerprint density at radius 1 is 1.23 bits per heavy atom. The van der Waals surface area contributed by atoms with Crippen molar-refractivity contribution >= 4 is 28.5 Å². The monoisotopic (exact) mass is 423 g/mol. The molecule has 22 heavy (non-hydrogen) atoms. The van der Waals surface area contributed by atoms with Gasteiger partial charge in [-0.05, 0) is 31.9 Å². The van der Waals surface area contributed by atoms with Crippen molar-refractivity contribution in [2.24, 2.45) is 5.10 Å². The van der Waals surface area contributed by atoms with Crippen molar-refractivity contribution in [2.75, 3.05) is 0 Å². The van der Waals surface area contributed by atoms with Gasteiger partial charge in [0.1, 0.15) is 17.8 Å². The van der Waals surface area contributed by atoms with E-state index in [-0.39, 0.29) is 0 Å². The minimum Gasteiger partial charge on any atom is -0.853 e. The quantitative estimate of drug-likeness (QED) is 0.317. The highest BCUT2D eigenvalue weighted by atomic mass is 127. The number of aromatic nitrogens is 2. The maximum absolute atomic E-state index is 12.3. The molecule has 118 valence electrons. The van der Waals surface area contributed by atoms with Crippen LogP contribution in [0.25, 0.3) is 5.69 Å². The molecule has 0 fully saturated rings. The number of alkyl halides is 3. The first kappa shape index (κ1) is 16.8. The third kappa shape index (κ3) is 3.26. The minimum atomic E-state index is -4.98. The van der Waals surface area contributed by atoms with E-state index in [1.807, 2.05) is 55.5 Å². The van der Waals surface area contributed by atoms with Crippen LogP contribution in [0.5, 0.6) is 0 Å². The maximum Gasteiger partial charge on any atom is 0.423 e. The molecule has 2 rings (SSSR count). The van der Waals surface area contributed by atoms with E-state index in [0.717, 1.165) is 27.1 Å². The van der Waals surface area contributed by atoms with E-state index in [9.17, 15) is 18.3 Å². The molecule has 4 nitrogen and oxygen atoms in total. The van der Waals surface area contributed by atoms with Gasteiger partial charge in [0.05, 0.1) is 22.6 Å². The van der Waals surface area contributed by atoms with Gasteiger partial charge in [-0.2, -0.15) is 17.7 Å². The van der Waals surface area contributed by atoms with E-state index < -0.39 is 12.1 Å². The normalized spacial score (nSPS) is 12.8. The molecule has 0 aliphatic heterocycles. The lowest BCUT2D eigenvalue weighted by atomic mass is 10.1. The average molecular weight is 423 g/mol. The molecule has 0 N–H and O–H groups in total. The van der Waals surface area contributed by atoms with E-state index in [4.69, 9.17) is 0 Å². The zero-order chi connectivity index (χ0) is 16.7. The first-order valence-electron chi connectivity index (χ1n) is 6.31. The summed E-state index contributed by atoms with van der Waals surface area (Å²) in [5, 5.41) is 14.1. The van der Waals surface area contributed by atoms with Crippen LogP contribution in [0.1, 0.15) is 16.7 Å². The lowest BCUT2D eigenvalue weighted by Crippen LogP contribution is -2.37. The van der Waals surface area contributed by atoms with Crippen molar-refractivity contribution < 1.29 is 22.8 Å². The topological polar surface area (TPSA) is 44.2 Å². The number of benzene rings is 1. The Bertz CT molecular complexity index is 727. The smallest absolute Gasteiger partial charge is 0.423 e. The van der Waals surface area contributed by atoms with Crippen LogP contribution < -0.4 is 9.67 Å². The molecule has 8 heteroatoms.